The second kappa shape index (κ2) is 11.4. The first kappa shape index (κ1) is 31.5. The number of aryl methyl sites for hydroxylation is 1. The lowest BCUT2D eigenvalue weighted by molar-refractivity contribution is -0.376. The molecule has 230 valence electrons. The summed E-state index contributed by atoms with van der Waals surface area (Å²) in [6.45, 7) is 2.90. The first-order chi connectivity index (χ1) is 20.0. The highest BCUT2D eigenvalue weighted by Crippen LogP contribution is 2.50. The first-order valence-electron chi connectivity index (χ1n) is 12.8. The number of ether oxygens (including phenoxy) is 2. The number of carbonyl (C=O) groups is 2. The van der Waals surface area contributed by atoms with Gasteiger partial charge in [0.05, 0.1) is 19.3 Å². The van der Waals surface area contributed by atoms with Crippen LogP contribution in [-0.2, 0) is 28.9 Å². The van der Waals surface area contributed by atoms with Gasteiger partial charge in [-0.2, -0.15) is 26.3 Å². The molecule has 43 heavy (non-hydrogen) atoms. The fourth-order valence-electron chi connectivity index (χ4n) is 4.57. The Labute approximate surface area is 241 Å². The van der Waals surface area contributed by atoms with Gasteiger partial charge in [-0.25, -0.2) is 14.8 Å². The highest BCUT2D eigenvalue weighted by atomic mass is 19.4. The van der Waals surface area contributed by atoms with E-state index in [2.05, 4.69) is 15.3 Å². The lowest BCUT2D eigenvalue weighted by atomic mass is 9.90. The number of imide groups is 1. The van der Waals surface area contributed by atoms with Crippen LogP contribution in [0.15, 0.2) is 54.7 Å². The molecule has 3 aromatic rings. The van der Waals surface area contributed by atoms with Gasteiger partial charge in [-0.3, -0.25) is 9.69 Å². The normalized spacial score (nSPS) is 17.7. The van der Waals surface area contributed by atoms with Gasteiger partial charge in [-0.1, -0.05) is 25.5 Å². The van der Waals surface area contributed by atoms with Crippen molar-refractivity contribution in [2.45, 2.75) is 56.7 Å². The Kier molecular flexibility index (Phi) is 8.33. The van der Waals surface area contributed by atoms with E-state index in [0.717, 1.165) is 11.0 Å². The average Bonchev–Trinajstić information content (AvgIpc) is 3.16. The number of methoxy groups -OCH3 is 1. The topological polar surface area (TPSA) is 114 Å². The van der Waals surface area contributed by atoms with E-state index in [-0.39, 0.29) is 35.9 Å². The van der Waals surface area contributed by atoms with Gasteiger partial charge in [-0.05, 0) is 43.2 Å². The Hall–Kier alpha value is -4.40. The predicted octanol–water partition coefficient (Wildman–Crippen LogP) is 5.51. The van der Waals surface area contributed by atoms with Crippen molar-refractivity contribution < 1.29 is 50.5 Å². The number of carbonyl (C=O) groups excluding carboxylic acids is 2. The third-order valence-corrected chi connectivity index (χ3v) is 6.93. The number of alkyl halides is 6. The van der Waals surface area contributed by atoms with Gasteiger partial charge < -0.3 is 19.9 Å². The molecule has 4 rings (SSSR count). The number of halogens is 6. The van der Waals surface area contributed by atoms with Crippen molar-refractivity contribution in [2.24, 2.45) is 0 Å². The van der Waals surface area contributed by atoms with Crippen LogP contribution in [0.2, 0.25) is 0 Å². The maximum atomic E-state index is 13.4. The van der Waals surface area contributed by atoms with Gasteiger partial charge in [0.1, 0.15) is 11.3 Å². The van der Waals surface area contributed by atoms with Crippen molar-refractivity contribution in [2.75, 3.05) is 7.11 Å². The Morgan fingerprint density at radius 1 is 1.00 bits per heavy atom. The molecule has 1 aliphatic rings. The van der Waals surface area contributed by atoms with Gasteiger partial charge in [0.2, 0.25) is 11.8 Å². The van der Waals surface area contributed by atoms with Crippen molar-refractivity contribution in [1.29, 1.82) is 0 Å². The van der Waals surface area contributed by atoms with E-state index in [1.165, 1.54) is 44.5 Å². The Morgan fingerprint density at radius 2 is 1.70 bits per heavy atom. The van der Waals surface area contributed by atoms with Crippen LogP contribution in [0, 0.1) is 0 Å². The summed E-state index contributed by atoms with van der Waals surface area (Å²) in [6, 6.07) is 8.79. The second-order valence-electron chi connectivity index (χ2n) is 9.88. The van der Waals surface area contributed by atoms with Crippen LogP contribution in [0.5, 0.6) is 17.5 Å². The molecule has 0 bridgehead atoms. The maximum Gasteiger partial charge on any atom is 0.430 e. The number of hydrogen-bond acceptors (Lipinski definition) is 7. The zero-order chi connectivity index (χ0) is 31.8. The van der Waals surface area contributed by atoms with Gasteiger partial charge in [0, 0.05) is 29.5 Å². The molecule has 0 saturated carbocycles. The van der Waals surface area contributed by atoms with Gasteiger partial charge in [0.25, 0.3) is 11.5 Å². The van der Waals surface area contributed by atoms with E-state index in [9.17, 15) is 41.0 Å². The Balaban J connectivity index is 1.58. The summed E-state index contributed by atoms with van der Waals surface area (Å²) in [7, 11) is 1.43. The molecule has 1 atom stereocenters. The minimum Gasteiger partial charge on any atom is -0.481 e. The van der Waals surface area contributed by atoms with Crippen LogP contribution in [0.4, 0.5) is 31.1 Å². The SMILES string of the molecule is CCCc1cc(C(O)(C(F)(F)F)C(F)(F)F)ccc1Oc1cccc(CN2C(=O)NC(C)(c3ccc(OC)nc3)C2=O)n1. The van der Waals surface area contributed by atoms with Crippen LogP contribution in [0.3, 0.4) is 0 Å². The number of nitrogens with one attached hydrogen (secondary N) is 1. The molecule has 0 aliphatic carbocycles. The van der Waals surface area contributed by atoms with Crippen molar-refractivity contribution in [3.05, 3.63) is 77.1 Å². The Bertz CT molecular complexity index is 1500. The second-order valence-corrected chi connectivity index (χ2v) is 9.88. The summed E-state index contributed by atoms with van der Waals surface area (Å²) >= 11 is 0. The largest absolute Gasteiger partial charge is 0.481 e. The maximum absolute atomic E-state index is 13.4. The summed E-state index contributed by atoms with van der Waals surface area (Å²) in [4.78, 5) is 35.3. The molecule has 1 fully saturated rings. The van der Waals surface area contributed by atoms with Crippen molar-refractivity contribution in [3.63, 3.8) is 0 Å². The molecule has 2 aromatic heterocycles. The molecule has 1 aromatic carbocycles. The summed E-state index contributed by atoms with van der Waals surface area (Å²) < 4.78 is 91.2. The number of benzene rings is 1. The lowest BCUT2D eigenvalue weighted by Crippen LogP contribution is -2.53. The van der Waals surface area contributed by atoms with Crippen LogP contribution in [0.1, 0.15) is 42.7 Å². The number of aromatic nitrogens is 2. The standard InChI is InChI=1S/C28H26F6N4O5/c1-4-6-16-13-17(26(41,27(29,30)31)28(32,33)34)9-11-20(16)43-22-8-5-7-19(36-22)15-38-23(39)25(2,37-24(38)40)18-10-12-21(42-3)35-14-18/h5,7-14,41H,4,6,15H2,1-3H3,(H,37,40). The summed E-state index contributed by atoms with van der Waals surface area (Å²) in [5, 5.41) is 12.4. The highest BCUT2D eigenvalue weighted by molar-refractivity contribution is 6.07. The van der Waals surface area contributed by atoms with Crippen LogP contribution in [-0.4, -0.2) is 51.4 Å². The van der Waals surface area contributed by atoms with Crippen molar-refractivity contribution in [3.8, 4) is 17.5 Å². The van der Waals surface area contributed by atoms with E-state index >= 15 is 0 Å². The lowest BCUT2D eigenvalue weighted by Gasteiger charge is -2.33. The molecule has 1 saturated heterocycles. The minimum atomic E-state index is -6.04. The van der Waals surface area contributed by atoms with E-state index in [4.69, 9.17) is 9.47 Å². The molecule has 9 nitrogen and oxygen atoms in total. The van der Waals surface area contributed by atoms with Gasteiger partial charge >= 0.3 is 18.4 Å². The fourth-order valence-corrected chi connectivity index (χ4v) is 4.57. The summed E-state index contributed by atoms with van der Waals surface area (Å²) in [5.41, 5.74) is -7.32. The van der Waals surface area contributed by atoms with Crippen LogP contribution in [0.25, 0.3) is 0 Å². The van der Waals surface area contributed by atoms with E-state index in [1.54, 1.807) is 13.0 Å². The molecule has 15 heteroatoms. The molecule has 3 heterocycles. The molecule has 1 unspecified atom stereocenters. The zero-order valence-corrected chi connectivity index (χ0v) is 23.0. The number of aliphatic hydroxyl groups is 1. The van der Waals surface area contributed by atoms with Crippen molar-refractivity contribution in [1.82, 2.24) is 20.2 Å². The fraction of sp³-hybridized carbons (Fsp3) is 0.357. The predicted molar refractivity (Wildman–Crippen MR) is 138 cm³/mol. The number of rotatable bonds is 9. The van der Waals surface area contributed by atoms with E-state index < -0.39 is 41.0 Å². The molecule has 1 aliphatic heterocycles. The number of hydrogen-bond donors (Lipinski definition) is 2. The van der Waals surface area contributed by atoms with Crippen LogP contribution >= 0.6 is 0 Å². The molecule has 2 N–H and O–H groups in total. The van der Waals surface area contributed by atoms with Crippen molar-refractivity contribution >= 4 is 11.9 Å². The number of urea groups is 1. The van der Waals surface area contributed by atoms with Gasteiger partial charge in [-0.15, -0.1) is 0 Å². The minimum absolute atomic E-state index is 0.0237. The molecular weight excluding hydrogens is 586 g/mol. The molecule has 0 radical (unpaired) electrons. The molecule has 0 spiro atoms. The summed E-state index contributed by atoms with van der Waals surface area (Å²) in [5.74, 6) is -0.453. The number of nitrogens with zero attached hydrogens (tertiary/aromatic N) is 3. The molecular formula is C28H26F6N4O5. The van der Waals surface area contributed by atoms with Crippen LogP contribution < -0.4 is 14.8 Å². The highest BCUT2D eigenvalue weighted by Gasteiger charge is 2.71. The van der Waals surface area contributed by atoms with E-state index in [1.807, 2.05) is 0 Å². The first-order valence-corrected chi connectivity index (χ1v) is 12.8. The zero-order valence-electron chi connectivity index (χ0n) is 23.0. The third kappa shape index (κ3) is 5.81. The number of amides is 3. The van der Waals surface area contributed by atoms with Gasteiger partial charge in [0.15, 0.2) is 0 Å². The Morgan fingerprint density at radius 3 is 2.28 bits per heavy atom. The summed E-state index contributed by atoms with van der Waals surface area (Å²) in [6.07, 6.45) is -10.3. The third-order valence-electron chi connectivity index (χ3n) is 6.93. The number of pyridine rings is 2. The van der Waals surface area contributed by atoms with E-state index in [0.29, 0.717) is 30.0 Å². The smallest absolute Gasteiger partial charge is 0.430 e. The monoisotopic (exact) mass is 612 g/mol. The average molecular weight is 613 g/mol. The quantitative estimate of drug-likeness (QED) is 0.242. The molecule has 3 amide bonds.